The van der Waals surface area contributed by atoms with Crippen molar-refractivity contribution < 1.29 is 9.90 Å². The van der Waals surface area contributed by atoms with Crippen LogP contribution >= 0.6 is 15.9 Å². The maximum Gasteiger partial charge on any atom is 0.339 e. The number of rotatable bonds is 1. The molecule has 0 spiro atoms. The molecule has 2 N–H and O–H groups in total. The molecule has 0 amide bonds. The molecule has 1 aromatic heterocycles. The van der Waals surface area contributed by atoms with Gasteiger partial charge in [0, 0.05) is 10.9 Å². The Morgan fingerprint density at radius 1 is 1.50 bits per heavy atom. The molecule has 0 saturated heterocycles. The Morgan fingerprint density at radius 3 is 2.86 bits per heavy atom. The molecule has 0 fully saturated rings. The normalized spacial score (nSPS) is 10.7. The van der Waals surface area contributed by atoms with Gasteiger partial charge in [0.15, 0.2) is 0 Å². The largest absolute Gasteiger partial charge is 0.478 e. The number of carbonyl (C=O) groups is 1. The van der Waals surface area contributed by atoms with Crippen LogP contribution in [0.25, 0.3) is 10.9 Å². The highest BCUT2D eigenvalue weighted by molar-refractivity contribution is 9.10. The zero-order chi connectivity index (χ0) is 10.3. The minimum atomic E-state index is -0.924. The lowest BCUT2D eigenvalue weighted by Gasteiger charge is -1.93. The van der Waals surface area contributed by atoms with Crippen molar-refractivity contribution >= 4 is 32.8 Å². The molecule has 2 rings (SSSR count). The second-order valence-corrected chi connectivity index (χ2v) is 3.96. The summed E-state index contributed by atoms with van der Waals surface area (Å²) in [4.78, 5) is 13.9. The number of fused-ring (bicyclic) bond motifs is 1. The SMILES string of the molecule is Cc1ccc2c(C(=O)O)c(Br)[nH]c2c1. The Kier molecular flexibility index (Phi) is 2.07. The number of hydrogen-bond acceptors (Lipinski definition) is 1. The van der Waals surface area contributed by atoms with Crippen LogP contribution < -0.4 is 0 Å². The van der Waals surface area contributed by atoms with Gasteiger partial charge in [-0.15, -0.1) is 0 Å². The summed E-state index contributed by atoms with van der Waals surface area (Å²) in [7, 11) is 0. The first-order valence-electron chi connectivity index (χ1n) is 4.10. The van der Waals surface area contributed by atoms with Gasteiger partial charge in [-0.2, -0.15) is 0 Å². The number of H-pyrrole nitrogens is 1. The molecule has 0 bridgehead atoms. The molecule has 1 heterocycles. The standard InChI is InChI=1S/C10H8BrNO2/c1-5-2-3-6-7(4-5)12-9(11)8(6)10(13)14/h2-4,12H,1H3,(H,13,14). The van der Waals surface area contributed by atoms with E-state index >= 15 is 0 Å². The molecule has 3 nitrogen and oxygen atoms in total. The van der Waals surface area contributed by atoms with Crippen molar-refractivity contribution in [1.29, 1.82) is 0 Å². The van der Waals surface area contributed by atoms with Crippen LogP contribution in [0.3, 0.4) is 0 Å². The zero-order valence-electron chi connectivity index (χ0n) is 7.47. The predicted octanol–water partition coefficient (Wildman–Crippen LogP) is 2.94. The van der Waals surface area contributed by atoms with Gasteiger partial charge in [0.1, 0.15) is 0 Å². The molecule has 0 aliphatic heterocycles. The number of aromatic carboxylic acids is 1. The van der Waals surface area contributed by atoms with Gasteiger partial charge in [0.25, 0.3) is 0 Å². The highest BCUT2D eigenvalue weighted by Gasteiger charge is 2.15. The fraction of sp³-hybridized carbons (Fsp3) is 0.100. The van der Waals surface area contributed by atoms with Crippen LogP contribution in [0.1, 0.15) is 15.9 Å². The van der Waals surface area contributed by atoms with Crippen LogP contribution in [0.4, 0.5) is 0 Å². The maximum absolute atomic E-state index is 10.9. The molecule has 0 aliphatic carbocycles. The van der Waals surface area contributed by atoms with E-state index in [-0.39, 0.29) is 0 Å². The average molecular weight is 254 g/mol. The van der Waals surface area contributed by atoms with Crippen molar-refractivity contribution in [2.45, 2.75) is 6.92 Å². The lowest BCUT2D eigenvalue weighted by Crippen LogP contribution is -1.95. The summed E-state index contributed by atoms with van der Waals surface area (Å²) in [5.41, 5.74) is 2.23. The quantitative estimate of drug-likeness (QED) is 0.821. The maximum atomic E-state index is 10.9. The molecule has 0 saturated carbocycles. The van der Waals surface area contributed by atoms with Crippen molar-refractivity contribution in [2.75, 3.05) is 0 Å². The highest BCUT2D eigenvalue weighted by Crippen LogP contribution is 2.26. The molecule has 2 aromatic rings. The summed E-state index contributed by atoms with van der Waals surface area (Å²) in [6.07, 6.45) is 0. The lowest BCUT2D eigenvalue weighted by molar-refractivity contribution is 0.0698. The molecule has 0 unspecified atom stereocenters. The van der Waals surface area contributed by atoms with Gasteiger partial charge in [0.2, 0.25) is 0 Å². The van der Waals surface area contributed by atoms with Crippen LogP contribution in [0.5, 0.6) is 0 Å². The van der Waals surface area contributed by atoms with Crippen LogP contribution in [0.15, 0.2) is 22.8 Å². The van der Waals surface area contributed by atoms with Crippen molar-refractivity contribution in [1.82, 2.24) is 4.98 Å². The van der Waals surface area contributed by atoms with Crippen LogP contribution in [0, 0.1) is 6.92 Å². The third-order valence-corrected chi connectivity index (χ3v) is 2.72. The number of nitrogens with one attached hydrogen (secondary N) is 1. The van der Waals surface area contributed by atoms with E-state index < -0.39 is 5.97 Å². The zero-order valence-corrected chi connectivity index (χ0v) is 9.05. The average Bonchev–Trinajstić information content (AvgIpc) is 2.39. The van der Waals surface area contributed by atoms with Crippen molar-refractivity contribution in [3.05, 3.63) is 33.9 Å². The molecule has 0 aliphatic rings. The minimum absolute atomic E-state index is 0.292. The Morgan fingerprint density at radius 2 is 2.21 bits per heavy atom. The summed E-state index contributed by atoms with van der Waals surface area (Å²) in [5, 5.41) is 9.70. The third kappa shape index (κ3) is 1.32. The second-order valence-electron chi connectivity index (χ2n) is 3.17. The van der Waals surface area contributed by atoms with E-state index in [2.05, 4.69) is 20.9 Å². The minimum Gasteiger partial charge on any atom is -0.478 e. The van der Waals surface area contributed by atoms with E-state index in [1.165, 1.54) is 0 Å². The molecule has 0 atom stereocenters. The van der Waals surface area contributed by atoms with E-state index in [1.54, 1.807) is 0 Å². The predicted molar refractivity (Wildman–Crippen MR) is 57.7 cm³/mol. The molecule has 4 heteroatoms. The topological polar surface area (TPSA) is 53.1 Å². The Labute approximate surface area is 88.9 Å². The summed E-state index contributed by atoms with van der Waals surface area (Å²) in [6, 6.07) is 5.64. The Bertz CT molecular complexity index is 516. The van der Waals surface area contributed by atoms with Gasteiger partial charge in [-0.25, -0.2) is 4.79 Å². The fourth-order valence-electron chi connectivity index (χ4n) is 1.49. The van der Waals surface area contributed by atoms with Gasteiger partial charge in [-0.3, -0.25) is 0 Å². The molecular weight excluding hydrogens is 246 g/mol. The van der Waals surface area contributed by atoms with E-state index in [9.17, 15) is 4.79 Å². The number of aromatic nitrogens is 1. The Balaban J connectivity index is 2.84. The monoisotopic (exact) mass is 253 g/mol. The first kappa shape index (κ1) is 9.27. The molecule has 14 heavy (non-hydrogen) atoms. The Hall–Kier alpha value is -1.29. The number of carboxylic acid groups (broad SMARTS) is 1. The third-order valence-electron chi connectivity index (χ3n) is 2.12. The van der Waals surface area contributed by atoms with E-state index in [1.807, 2.05) is 25.1 Å². The smallest absolute Gasteiger partial charge is 0.339 e. The summed E-state index contributed by atoms with van der Waals surface area (Å²) in [6.45, 7) is 1.97. The van der Waals surface area contributed by atoms with Crippen LogP contribution in [-0.2, 0) is 0 Å². The summed E-state index contributed by atoms with van der Waals surface area (Å²) in [5.74, 6) is -0.924. The van der Waals surface area contributed by atoms with Gasteiger partial charge in [-0.05, 0) is 34.5 Å². The van der Waals surface area contributed by atoms with Crippen LogP contribution in [0.2, 0.25) is 0 Å². The molecule has 1 aromatic carbocycles. The van der Waals surface area contributed by atoms with Gasteiger partial charge < -0.3 is 10.1 Å². The lowest BCUT2D eigenvalue weighted by atomic mass is 10.1. The van der Waals surface area contributed by atoms with Gasteiger partial charge >= 0.3 is 5.97 Å². The van der Waals surface area contributed by atoms with E-state index in [4.69, 9.17) is 5.11 Å². The molecule has 72 valence electrons. The number of halogens is 1. The first-order chi connectivity index (χ1) is 6.59. The number of aryl methyl sites for hydroxylation is 1. The fourth-order valence-corrected chi connectivity index (χ4v) is 2.08. The van der Waals surface area contributed by atoms with E-state index in [0.29, 0.717) is 10.2 Å². The number of hydrogen-bond donors (Lipinski definition) is 2. The van der Waals surface area contributed by atoms with Crippen LogP contribution in [-0.4, -0.2) is 16.1 Å². The van der Waals surface area contributed by atoms with Crippen molar-refractivity contribution in [3.63, 3.8) is 0 Å². The van der Waals surface area contributed by atoms with Gasteiger partial charge in [-0.1, -0.05) is 12.1 Å². The van der Waals surface area contributed by atoms with Gasteiger partial charge in [0.05, 0.1) is 10.2 Å². The molecule has 0 radical (unpaired) electrons. The number of carboxylic acids is 1. The first-order valence-corrected chi connectivity index (χ1v) is 4.90. The highest BCUT2D eigenvalue weighted by atomic mass is 79.9. The van der Waals surface area contributed by atoms with E-state index in [0.717, 1.165) is 16.5 Å². The van der Waals surface area contributed by atoms with Crippen molar-refractivity contribution in [3.8, 4) is 0 Å². The van der Waals surface area contributed by atoms with Crippen molar-refractivity contribution in [2.24, 2.45) is 0 Å². The molecular formula is C10H8BrNO2. The second kappa shape index (κ2) is 3.13. The summed E-state index contributed by atoms with van der Waals surface area (Å²) < 4.78 is 0.519. The summed E-state index contributed by atoms with van der Waals surface area (Å²) >= 11 is 3.20. The number of benzene rings is 1. The number of aromatic amines is 1.